The first-order chi connectivity index (χ1) is 14.2. The third kappa shape index (κ3) is 4.68. The fourth-order valence-corrected chi connectivity index (χ4v) is 3.43. The highest BCUT2D eigenvalue weighted by molar-refractivity contribution is 6.34. The molecule has 0 saturated heterocycles. The molecule has 0 radical (unpaired) electrons. The Kier molecular flexibility index (Phi) is 6.22. The van der Waals surface area contributed by atoms with Crippen LogP contribution in [0, 0.1) is 27.7 Å². The van der Waals surface area contributed by atoms with Gasteiger partial charge in [0.2, 0.25) is 5.91 Å². The number of nitrogens with one attached hydrogen (secondary N) is 2. The summed E-state index contributed by atoms with van der Waals surface area (Å²) in [6.07, 6.45) is 0. The van der Waals surface area contributed by atoms with Gasteiger partial charge in [-0.25, -0.2) is 0 Å². The summed E-state index contributed by atoms with van der Waals surface area (Å²) in [7, 11) is 0. The number of aromatic nitrogens is 3. The lowest BCUT2D eigenvalue weighted by Crippen LogP contribution is -2.25. The van der Waals surface area contributed by atoms with Crippen LogP contribution in [0.3, 0.4) is 0 Å². The van der Waals surface area contributed by atoms with Gasteiger partial charge in [0.05, 0.1) is 27.7 Å². The molecule has 3 aromatic rings. The summed E-state index contributed by atoms with van der Waals surface area (Å²) >= 11 is 6.34. The first-order valence-corrected chi connectivity index (χ1v) is 9.92. The number of rotatable bonds is 5. The fourth-order valence-electron chi connectivity index (χ4n) is 3.21. The Bertz CT molecular complexity index is 1120. The van der Waals surface area contributed by atoms with E-state index in [0.29, 0.717) is 27.7 Å². The molecular weight excluding hydrogens is 402 g/mol. The van der Waals surface area contributed by atoms with Crippen molar-refractivity contribution in [1.82, 2.24) is 14.8 Å². The van der Waals surface area contributed by atoms with E-state index in [1.807, 2.05) is 26.8 Å². The third-order valence-corrected chi connectivity index (χ3v) is 5.06. The topological polar surface area (TPSA) is 88.9 Å². The summed E-state index contributed by atoms with van der Waals surface area (Å²) in [6, 6.07) is 9.89. The van der Waals surface area contributed by atoms with Crippen LogP contribution >= 0.6 is 11.6 Å². The molecule has 156 valence electrons. The lowest BCUT2D eigenvalue weighted by Gasteiger charge is -2.16. The van der Waals surface area contributed by atoms with Gasteiger partial charge in [0.15, 0.2) is 0 Å². The average molecular weight is 426 g/mol. The molecule has 1 unspecified atom stereocenters. The minimum atomic E-state index is -0.494. The zero-order valence-electron chi connectivity index (χ0n) is 17.6. The predicted molar refractivity (Wildman–Crippen MR) is 118 cm³/mol. The molecule has 0 spiro atoms. The van der Waals surface area contributed by atoms with Crippen molar-refractivity contribution in [2.24, 2.45) is 0 Å². The fraction of sp³-hybridized carbons (Fsp3) is 0.273. The molecule has 1 atom stereocenters. The van der Waals surface area contributed by atoms with Crippen LogP contribution in [-0.4, -0.2) is 26.6 Å². The minimum absolute atomic E-state index is 0.235. The number of carbonyl (C=O) groups is 2. The molecule has 1 aromatic carbocycles. The Morgan fingerprint density at radius 2 is 1.73 bits per heavy atom. The highest BCUT2D eigenvalue weighted by Crippen LogP contribution is 2.27. The zero-order chi connectivity index (χ0) is 22.0. The van der Waals surface area contributed by atoms with E-state index in [1.54, 1.807) is 48.9 Å². The molecule has 30 heavy (non-hydrogen) atoms. The Labute approximate surface area is 180 Å². The molecule has 0 fully saturated rings. The number of anilines is 2. The maximum Gasteiger partial charge on any atom is 0.257 e. The van der Waals surface area contributed by atoms with E-state index in [4.69, 9.17) is 11.6 Å². The minimum Gasteiger partial charge on any atom is -0.323 e. The first-order valence-electron chi connectivity index (χ1n) is 9.54. The quantitative estimate of drug-likeness (QED) is 0.624. The average Bonchev–Trinajstić information content (AvgIpc) is 3.01. The smallest absolute Gasteiger partial charge is 0.257 e. The highest BCUT2D eigenvalue weighted by atomic mass is 35.5. The molecule has 7 nitrogen and oxygen atoms in total. The monoisotopic (exact) mass is 425 g/mol. The summed E-state index contributed by atoms with van der Waals surface area (Å²) in [5.41, 5.74) is 4.73. The lowest BCUT2D eigenvalue weighted by atomic mass is 10.1. The number of aryl methyl sites for hydroxylation is 4. The van der Waals surface area contributed by atoms with Gasteiger partial charge in [-0.2, -0.15) is 5.10 Å². The maximum absolute atomic E-state index is 12.6. The predicted octanol–water partition coefficient (Wildman–Crippen LogP) is 4.62. The van der Waals surface area contributed by atoms with E-state index in [9.17, 15) is 9.59 Å². The van der Waals surface area contributed by atoms with Crippen LogP contribution < -0.4 is 10.6 Å². The van der Waals surface area contributed by atoms with E-state index < -0.39 is 6.04 Å². The largest absolute Gasteiger partial charge is 0.323 e. The van der Waals surface area contributed by atoms with Crippen molar-refractivity contribution in [3.05, 3.63) is 69.8 Å². The molecule has 0 aliphatic carbocycles. The molecule has 2 N–H and O–H groups in total. The van der Waals surface area contributed by atoms with E-state index in [0.717, 1.165) is 17.1 Å². The summed E-state index contributed by atoms with van der Waals surface area (Å²) in [5, 5.41) is 10.3. The maximum atomic E-state index is 12.6. The molecule has 0 aliphatic heterocycles. The van der Waals surface area contributed by atoms with Crippen molar-refractivity contribution >= 4 is 34.8 Å². The summed E-state index contributed by atoms with van der Waals surface area (Å²) in [4.78, 5) is 29.5. The molecule has 8 heteroatoms. The Morgan fingerprint density at radius 1 is 1.00 bits per heavy atom. The Balaban J connectivity index is 1.71. The van der Waals surface area contributed by atoms with Crippen molar-refractivity contribution in [1.29, 1.82) is 0 Å². The first kappa shape index (κ1) is 21.5. The van der Waals surface area contributed by atoms with Gasteiger partial charge in [0, 0.05) is 17.1 Å². The van der Waals surface area contributed by atoms with Gasteiger partial charge < -0.3 is 10.6 Å². The van der Waals surface area contributed by atoms with Crippen LogP contribution in [0.15, 0.2) is 36.4 Å². The summed E-state index contributed by atoms with van der Waals surface area (Å²) in [6.45, 7) is 9.22. The van der Waals surface area contributed by atoms with Gasteiger partial charge in [-0.3, -0.25) is 19.3 Å². The van der Waals surface area contributed by atoms with Crippen LogP contribution in [0.1, 0.15) is 46.1 Å². The normalized spacial score (nSPS) is 11.8. The zero-order valence-corrected chi connectivity index (χ0v) is 18.3. The number of nitrogens with zero attached hydrogens (tertiary/aromatic N) is 3. The summed E-state index contributed by atoms with van der Waals surface area (Å²) in [5.74, 6) is -0.507. The van der Waals surface area contributed by atoms with Gasteiger partial charge in [-0.05, 0) is 71.0 Å². The number of benzene rings is 1. The Morgan fingerprint density at radius 3 is 2.33 bits per heavy atom. The van der Waals surface area contributed by atoms with Gasteiger partial charge in [-0.15, -0.1) is 0 Å². The molecular formula is C22H24ClN5O2. The second-order valence-electron chi connectivity index (χ2n) is 7.27. The number of pyridine rings is 1. The van der Waals surface area contributed by atoms with Crippen LogP contribution in [0.4, 0.5) is 11.4 Å². The van der Waals surface area contributed by atoms with Crippen LogP contribution in [0.5, 0.6) is 0 Å². The third-order valence-electron chi connectivity index (χ3n) is 4.75. The standard InChI is InChI=1S/C22H24ClN5O2/c1-12-6-8-18(15(4)24-12)22(30)25-17-7-9-20(19(23)11-17)26-21(29)16(5)28-14(3)10-13(2)27-28/h6-11,16H,1-5H3,(H,25,30)(H,26,29). The molecule has 2 heterocycles. The van der Waals surface area contributed by atoms with Crippen molar-refractivity contribution in [3.8, 4) is 0 Å². The Hall–Kier alpha value is -3.19. The van der Waals surface area contributed by atoms with Crippen molar-refractivity contribution in [2.75, 3.05) is 10.6 Å². The SMILES string of the molecule is Cc1ccc(C(=O)Nc2ccc(NC(=O)C(C)n3nc(C)cc3C)c(Cl)c2)c(C)n1. The molecule has 2 aromatic heterocycles. The second kappa shape index (κ2) is 8.67. The molecule has 0 aliphatic rings. The van der Waals surface area contributed by atoms with Crippen molar-refractivity contribution in [2.45, 2.75) is 40.7 Å². The second-order valence-corrected chi connectivity index (χ2v) is 7.68. The summed E-state index contributed by atoms with van der Waals surface area (Å²) < 4.78 is 1.67. The number of amides is 2. The van der Waals surface area contributed by atoms with Gasteiger partial charge in [-0.1, -0.05) is 11.6 Å². The van der Waals surface area contributed by atoms with Gasteiger partial charge in [0.25, 0.3) is 5.91 Å². The van der Waals surface area contributed by atoms with Crippen LogP contribution in [0.2, 0.25) is 5.02 Å². The number of halogens is 1. The van der Waals surface area contributed by atoms with E-state index in [1.165, 1.54) is 0 Å². The molecule has 0 bridgehead atoms. The van der Waals surface area contributed by atoms with Crippen LogP contribution in [0.25, 0.3) is 0 Å². The molecule has 0 saturated carbocycles. The van der Waals surface area contributed by atoms with E-state index in [2.05, 4.69) is 20.7 Å². The molecule has 3 rings (SSSR count). The lowest BCUT2D eigenvalue weighted by molar-refractivity contribution is -0.119. The highest BCUT2D eigenvalue weighted by Gasteiger charge is 2.19. The molecule has 2 amide bonds. The van der Waals surface area contributed by atoms with Crippen molar-refractivity contribution < 1.29 is 9.59 Å². The van der Waals surface area contributed by atoms with Gasteiger partial charge >= 0.3 is 0 Å². The van der Waals surface area contributed by atoms with Gasteiger partial charge in [0.1, 0.15) is 6.04 Å². The van der Waals surface area contributed by atoms with Crippen LogP contribution in [-0.2, 0) is 4.79 Å². The van der Waals surface area contributed by atoms with E-state index in [-0.39, 0.29) is 11.8 Å². The number of hydrogen-bond donors (Lipinski definition) is 2. The van der Waals surface area contributed by atoms with Crippen molar-refractivity contribution in [3.63, 3.8) is 0 Å². The van der Waals surface area contributed by atoms with E-state index >= 15 is 0 Å². The number of hydrogen-bond acceptors (Lipinski definition) is 4. The number of carbonyl (C=O) groups excluding carboxylic acids is 2.